The Hall–Kier alpha value is -1.35. The highest BCUT2D eigenvalue weighted by Crippen LogP contribution is 2.51. The maximum absolute atomic E-state index is 13.1. The van der Waals surface area contributed by atoms with Crippen molar-refractivity contribution in [2.45, 2.75) is 44.4 Å². The maximum Gasteiger partial charge on any atom is 0.233 e. The lowest BCUT2D eigenvalue weighted by Gasteiger charge is -2.40. The fourth-order valence-electron chi connectivity index (χ4n) is 4.54. The molecule has 1 saturated carbocycles. The predicted molar refractivity (Wildman–Crippen MR) is 87.8 cm³/mol. The van der Waals surface area contributed by atoms with Crippen molar-refractivity contribution in [2.24, 2.45) is 5.41 Å². The molecule has 3 heteroatoms. The van der Waals surface area contributed by atoms with Gasteiger partial charge in [-0.3, -0.25) is 4.79 Å². The summed E-state index contributed by atoms with van der Waals surface area (Å²) < 4.78 is 0. The number of aryl methyl sites for hydroxylation is 1. The predicted octanol–water partition coefficient (Wildman–Crippen LogP) is 2.63. The Kier molecular flexibility index (Phi) is 3.30. The van der Waals surface area contributed by atoms with Crippen molar-refractivity contribution >= 4 is 5.91 Å². The summed E-state index contributed by atoms with van der Waals surface area (Å²) in [6, 6.07) is 8.44. The van der Waals surface area contributed by atoms with Gasteiger partial charge in [0.1, 0.15) is 0 Å². The molecule has 3 fully saturated rings. The second kappa shape index (κ2) is 5.09. The van der Waals surface area contributed by atoms with Gasteiger partial charge in [0.2, 0.25) is 5.91 Å². The normalized spacial score (nSPS) is 25.4. The van der Waals surface area contributed by atoms with Gasteiger partial charge in [-0.15, -0.1) is 0 Å². The smallest absolute Gasteiger partial charge is 0.233 e. The van der Waals surface area contributed by atoms with Crippen molar-refractivity contribution in [2.75, 3.05) is 26.2 Å². The summed E-state index contributed by atoms with van der Waals surface area (Å²) in [5.74, 6) is 0.391. The molecule has 2 aliphatic heterocycles. The van der Waals surface area contributed by atoms with Crippen molar-refractivity contribution in [1.29, 1.82) is 0 Å². The first kappa shape index (κ1) is 14.3. The summed E-state index contributed by atoms with van der Waals surface area (Å²) in [6.07, 6.45) is 5.70. The minimum atomic E-state index is -0.191. The molecule has 22 heavy (non-hydrogen) atoms. The Balaban J connectivity index is 1.50. The molecule has 118 valence electrons. The van der Waals surface area contributed by atoms with Crippen LogP contribution in [-0.4, -0.2) is 37.0 Å². The van der Waals surface area contributed by atoms with Crippen LogP contribution >= 0.6 is 0 Å². The lowest BCUT2D eigenvalue weighted by molar-refractivity contribution is -0.136. The van der Waals surface area contributed by atoms with Gasteiger partial charge in [-0.25, -0.2) is 0 Å². The monoisotopic (exact) mass is 298 g/mol. The number of benzene rings is 1. The van der Waals surface area contributed by atoms with Crippen molar-refractivity contribution < 1.29 is 4.79 Å². The Morgan fingerprint density at radius 2 is 1.82 bits per heavy atom. The van der Waals surface area contributed by atoms with Crippen LogP contribution in [0.5, 0.6) is 0 Å². The summed E-state index contributed by atoms with van der Waals surface area (Å²) in [4.78, 5) is 15.3. The van der Waals surface area contributed by atoms with Gasteiger partial charge in [-0.05, 0) is 62.1 Å². The SMILES string of the molecule is Cc1ccccc1C1(C(=O)N2CCC3(CCNC3)CC2)CC1. The van der Waals surface area contributed by atoms with E-state index >= 15 is 0 Å². The van der Waals surface area contributed by atoms with E-state index in [9.17, 15) is 4.79 Å². The molecule has 1 aromatic carbocycles. The van der Waals surface area contributed by atoms with Crippen LogP contribution < -0.4 is 5.32 Å². The van der Waals surface area contributed by atoms with Gasteiger partial charge in [0.15, 0.2) is 0 Å². The maximum atomic E-state index is 13.1. The summed E-state index contributed by atoms with van der Waals surface area (Å²) in [7, 11) is 0. The molecule has 1 N–H and O–H groups in total. The van der Waals surface area contributed by atoms with E-state index in [1.54, 1.807) is 0 Å². The first-order valence-corrected chi connectivity index (χ1v) is 8.72. The van der Waals surface area contributed by atoms with E-state index in [-0.39, 0.29) is 5.41 Å². The number of rotatable bonds is 2. The van der Waals surface area contributed by atoms with E-state index in [0.29, 0.717) is 11.3 Å². The van der Waals surface area contributed by atoms with Crippen LogP contribution in [0.1, 0.15) is 43.2 Å². The Bertz CT molecular complexity index is 575. The van der Waals surface area contributed by atoms with Gasteiger partial charge in [-0.2, -0.15) is 0 Å². The Morgan fingerprint density at radius 3 is 2.41 bits per heavy atom. The third-order valence-corrected chi connectivity index (χ3v) is 6.26. The number of likely N-dealkylation sites (tertiary alicyclic amines) is 1. The third kappa shape index (κ3) is 2.18. The largest absolute Gasteiger partial charge is 0.342 e. The summed E-state index contributed by atoms with van der Waals surface area (Å²) in [6.45, 7) is 6.35. The molecule has 4 rings (SSSR count). The fourth-order valence-corrected chi connectivity index (χ4v) is 4.54. The standard InChI is InChI=1S/C19H26N2O/c1-15-4-2-3-5-16(15)19(6-7-19)17(22)21-12-9-18(10-13-21)8-11-20-14-18/h2-5,20H,6-14H2,1H3. The molecule has 2 saturated heterocycles. The molecule has 1 spiro atoms. The topological polar surface area (TPSA) is 32.3 Å². The number of hydrogen-bond acceptors (Lipinski definition) is 2. The van der Waals surface area contributed by atoms with Gasteiger partial charge in [0.05, 0.1) is 5.41 Å². The molecule has 0 unspecified atom stereocenters. The molecular weight excluding hydrogens is 272 g/mol. The van der Waals surface area contributed by atoms with Gasteiger partial charge in [0, 0.05) is 19.6 Å². The molecular formula is C19H26N2O. The molecule has 1 aromatic rings. The van der Waals surface area contributed by atoms with E-state index in [2.05, 4.69) is 41.4 Å². The molecule has 1 aliphatic carbocycles. The summed E-state index contributed by atoms with van der Waals surface area (Å²) in [5.41, 5.74) is 2.82. The van der Waals surface area contributed by atoms with Crippen LogP contribution in [-0.2, 0) is 10.2 Å². The minimum Gasteiger partial charge on any atom is -0.342 e. The third-order valence-electron chi connectivity index (χ3n) is 6.26. The fraction of sp³-hybridized carbons (Fsp3) is 0.632. The second-order valence-electron chi connectivity index (χ2n) is 7.62. The highest BCUT2D eigenvalue weighted by molar-refractivity contribution is 5.91. The molecule has 1 amide bonds. The Morgan fingerprint density at radius 1 is 1.09 bits per heavy atom. The summed E-state index contributed by atoms with van der Waals surface area (Å²) in [5, 5.41) is 3.50. The average molecular weight is 298 g/mol. The van der Waals surface area contributed by atoms with Crippen LogP contribution in [0.3, 0.4) is 0 Å². The Labute approximate surface area is 133 Å². The molecule has 0 radical (unpaired) electrons. The van der Waals surface area contributed by atoms with Gasteiger partial charge >= 0.3 is 0 Å². The quantitative estimate of drug-likeness (QED) is 0.910. The zero-order valence-corrected chi connectivity index (χ0v) is 13.5. The number of nitrogens with zero attached hydrogens (tertiary/aromatic N) is 1. The lowest BCUT2D eigenvalue weighted by Crippen LogP contribution is -2.47. The zero-order chi connectivity index (χ0) is 15.2. The van der Waals surface area contributed by atoms with Crippen molar-refractivity contribution in [3.63, 3.8) is 0 Å². The highest BCUT2D eigenvalue weighted by atomic mass is 16.2. The first-order chi connectivity index (χ1) is 10.7. The number of nitrogens with one attached hydrogen (secondary N) is 1. The van der Waals surface area contributed by atoms with Crippen molar-refractivity contribution in [3.8, 4) is 0 Å². The second-order valence-corrected chi connectivity index (χ2v) is 7.62. The molecule has 0 aromatic heterocycles. The number of carbonyl (C=O) groups is 1. The van der Waals surface area contributed by atoms with Gasteiger partial charge in [0.25, 0.3) is 0 Å². The number of carbonyl (C=O) groups excluding carboxylic acids is 1. The van der Waals surface area contributed by atoms with Crippen LogP contribution in [0, 0.1) is 12.3 Å². The van der Waals surface area contributed by atoms with E-state index in [1.807, 2.05) is 0 Å². The minimum absolute atomic E-state index is 0.191. The molecule has 0 atom stereocenters. The molecule has 3 nitrogen and oxygen atoms in total. The van der Waals surface area contributed by atoms with Crippen LogP contribution in [0.25, 0.3) is 0 Å². The summed E-state index contributed by atoms with van der Waals surface area (Å²) >= 11 is 0. The molecule has 2 heterocycles. The average Bonchev–Trinajstić information content (AvgIpc) is 3.23. The van der Waals surface area contributed by atoms with E-state index in [0.717, 1.165) is 39.0 Å². The molecule has 3 aliphatic rings. The molecule has 0 bridgehead atoms. The van der Waals surface area contributed by atoms with Crippen LogP contribution in [0.2, 0.25) is 0 Å². The van der Waals surface area contributed by atoms with Crippen molar-refractivity contribution in [3.05, 3.63) is 35.4 Å². The van der Waals surface area contributed by atoms with Crippen LogP contribution in [0.15, 0.2) is 24.3 Å². The van der Waals surface area contributed by atoms with Gasteiger partial charge in [-0.1, -0.05) is 24.3 Å². The van der Waals surface area contributed by atoms with E-state index in [1.165, 1.54) is 30.4 Å². The van der Waals surface area contributed by atoms with E-state index in [4.69, 9.17) is 0 Å². The number of piperidine rings is 1. The lowest BCUT2D eigenvalue weighted by atomic mass is 9.77. The zero-order valence-electron chi connectivity index (χ0n) is 13.5. The van der Waals surface area contributed by atoms with Gasteiger partial charge < -0.3 is 10.2 Å². The van der Waals surface area contributed by atoms with Crippen molar-refractivity contribution in [1.82, 2.24) is 10.2 Å². The van der Waals surface area contributed by atoms with Crippen LogP contribution in [0.4, 0.5) is 0 Å². The van der Waals surface area contributed by atoms with E-state index < -0.39 is 0 Å². The highest BCUT2D eigenvalue weighted by Gasteiger charge is 2.54. The number of hydrogen-bond donors (Lipinski definition) is 1. The number of amides is 1. The first-order valence-electron chi connectivity index (χ1n) is 8.72.